The van der Waals surface area contributed by atoms with Gasteiger partial charge in [-0.3, -0.25) is 14.2 Å². The van der Waals surface area contributed by atoms with Gasteiger partial charge in [-0.05, 0) is 12.1 Å². The third kappa shape index (κ3) is 3.64. The highest BCUT2D eigenvalue weighted by Gasteiger charge is 2.08. The summed E-state index contributed by atoms with van der Waals surface area (Å²) in [5.74, 6) is -0.115. The van der Waals surface area contributed by atoms with Gasteiger partial charge in [0.15, 0.2) is 5.82 Å². The second kappa shape index (κ2) is 6.45. The number of nitrogens with one attached hydrogen (secondary N) is 1. The van der Waals surface area contributed by atoms with Crippen molar-refractivity contribution in [1.82, 2.24) is 14.7 Å². The van der Waals surface area contributed by atoms with Gasteiger partial charge < -0.3 is 9.84 Å². The third-order valence-electron chi connectivity index (χ3n) is 3.04. The van der Waals surface area contributed by atoms with Crippen molar-refractivity contribution in [3.8, 4) is 11.3 Å². The molecular formula is C15H11ClN4O3. The van der Waals surface area contributed by atoms with E-state index in [0.29, 0.717) is 10.7 Å². The van der Waals surface area contributed by atoms with Gasteiger partial charge in [0.05, 0.1) is 12.0 Å². The van der Waals surface area contributed by atoms with E-state index in [-0.39, 0.29) is 17.9 Å². The van der Waals surface area contributed by atoms with Crippen LogP contribution in [0.25, 0.3) is 11.3 Å². The molecule has 0 saturated heterocycles. The summed E-state index contributed by atoms with van der Waals surface area (Å²) in [5, 5.41) is 6.67. The fraction of sp³-hybridized carbons (Fsp3) is 0.0667. The maximum atomic E-state index is 12.1. The van der Waals surface area contributed by atoms with Gasteiger partial charge in [0.25, 0.3) is 5.56 Å². The number of amides is 1. The van der Waals surface area contributed by atoms with Crippen molar-refractivity contribution in [2.24, 2.45) is 0 Å². The average Bonchev–Trinajstić information content (AvgIpc) is 3.03. The molecule has 3 rings (SSSR count). The minimum absolute atomic E-state index is 0.167. The van der Waals surface area contributed by atoms with E-state index in [4.69, 9.17) is 11.6 Å². The number of hydrogen-bond donors (Lipinski definition) is 1. The fourth-order valence-corrected chi connectivity index (χ4v) is 2.06. The molecule has 0 radical (unpaired) electrons. The lowest BCUT2D eigenvalue weighted by Gasteiger charge is -2.06. The van der Waals surface area contributed by atoms with E-state index in [2.05, 4.69) is 20.0 Å². The topological polar surface area (TPSA) is 90.0 Å². The van der Waals surface area contributed by atoms with Crippen LogP contribution in [0.5, 0.6) is 0 Å². The molecule has 1 N–H and O–H groups in total. The van der Waals surface area contributed by atoms with E-state index in [1.54, 1.807) is 24.3 Å². The van der Waals surface area contributed by atoms with Crippen molar-refractivity contribution >= 4 is 23.3 Å². The van der Waals surface area contributed by atoms with Crippen LogP contribution in [0, 0.1) is 0 Å². The molecule has 0 unspecified atom stereocenters. The molecule has 2 heterocycles. The SMILES string of the molecule is O=C(Cn1cnc(-c2ccc(Cl)cc2)cc1=O)Nc1ccon1. The van der Waals surface area contributed by atoms with E-state index >= 15 is 0 Å². The normalized spacial score (nSPS) is 10.5. The van der Waals surface area contributed by atoms with Gasteiger partial charge in [-0.15, -0.1) is 0 Å². The molecule has 1 amide bonds. The first kappa shape index (κ1) is 15.0. The molecule has 0 atom stereocenters. The fourth-order valence-electron chi connectivity index (χ4n) is 1.94. The standard InChI is InChI=1S/C15H11ClN4O3/c16-11-3-1-10(2-4-11)12-7-15(22)20(9-17-12)8-14(21)18-13-5-6-23-19-13/h1-7,9H,8H2,(H,18,19,21). The highest BCUT2D eigenvalue weighted by molar-refractivity contribution is 6.30. The first-order valence-corrected chi connectivity index (χ1v) is 7.02. The Hall–Kier alpha value is -2.93. The van der Waals surface area contributed by atoms with Gasteiger partial charge in [0, 0.05) is 22.7 Å². The van der Waals surface area contributed by atoms with Crippen LogP contribution in [-0.2, 0) is 11.3 Å². The summed E-state index contributed by atoms with van der Waals surface area (Å²) in [5.41, 5.74) is 0.950. The van der Waals surface area contributed by atoms with Crippen LogP contribution < -0.4 is 10.9 Å². The van der Waals surface area contributed by atoms with Crippen molar-refractivity contribution < 1.29 is 9.32 Å². The highest BCUT2D eigenvalue weighted by atomic mass is 35.5. The Bertz CT molecular complexity index is 872. The number of nitrogens with zero attached hydrogens (tertiary/aromatic N) is 3. The lowest BCUT2D eigenvalue weighted by atomic mass is 10.1. The number of hydrogen-bond acceptors (Lipinski definition) is 5. The molecule has 0 spiro atoms. The van der Waals surface area contributed by atoms with Crippen LogP contribution in [0.15, 0.2) is 58.3 Å². The summed E-state index contributed by atoms with van der Waals surface area (Å²) in [4.78, 5) is 28.1. The van der Waals surface area contributed by atoms with Gasteiger partial charge in [-0.1, -0.05) is 28.9 Å². The van der Waals surface area contributed by atoms with Crippen LogP contribution in [0.1, 0.15) is 0 Å². The number of carbonyl (C=O) groups is 1. The van der Waals surface area contributed by atoms with E-state index in [0.717, 1.165) is 5.56 Å². The molecule has 8 heteroatoms. The first-order valence-electron chi connectivity index (χ1n) is 6.64. The predicted octanol–water partition coefficient (Wildman–Crippen LogP) is 2.19. The molecule has 2 aromatic heterocycles. The molecule has 0 fully saturated rings. The minimum atomic E-state index is -0.401. The number of anilines is 1. The Morgan fingerprint density at radius 1 is 1.26 bits per heavy atom. The van der Waals surface area contributed by atoms with E-state index in [1.807, 2.05) is 0 Å². The van der Waals surface area contributed by atoms with Crippen LogP contribution in [0.2, 0.25) is 5.02 Å². The van der Waals surface area contributed by atoms with Crippen LogP contribution in [0.4, 0.5) is 5.82 Å². The minimum Gasteiger partial charge on any atom is -0.363 e. The molecule has 116 valence electrons. The van der Waals surface area contributed by atoms with Gasteiger partial charge in [-0.25, -0.2) is 4.98 Å². The van der Waals surface area contributed by atoms with Gasteiger partial charge in [0.1, 0.15) is 12.8 Å². The number of carbonyl (C=O) groups excluding carboxylic acids is 1. The van der Waals surface area contributed by atoms with Crippen molar-refractivity contribution in [3.05, 3.63) is 64.4 Å². The molecule has 3 aromatic rings. The number of aromatic nitrogens is 3. The molecule has 0 aliphatic rings. The molecule has 0 bridgehead atoms. The molecule has 0 saturated carbocycles. The third-order valence-corrected chi connectivity index (χ3v) is 3.29. The lowest BCUT2D eigenvalue weighted by Crippen LogP contribution is -2.27. The van der Waals surface area contributed by atoms with Crippen LogP contribution in [-0.4, -0.2) is 20.6 Å². The Kier molecular flexibility index (Phi) is 4.20. The van der Waals surface area contributed by atoms with Crippen molar-refractivity contribution in [2.75, 3.05) is 5.32 Å². The van der Waals surface area contributed by atoms with Gasteiger partial charge in [-0.2, -0.15) is 0 Å². The zero-order valence-electron chi connectivity index (χ0n) is 11.8. The van der Waals surface area contributed by atoms with Crippen molar-refractivity contribution in [1.29, 1.82) is 0 Å². The largest absolute Gasteiger partial charge is 0.363 e. The van der Waals surface area contributed by atoms with Gasteiger partial charge >= 0.3 is 0 Å². The molecule has 0 aliphatic heterocycles. The van der Waals surface area contributed by atoms with E-state index in [9.17, 15) is 9.59 Å². The molecule has 23 heavy (non-hydrogen) atoms. The highest BCUT2D eigenvalue weighted by Crippen LogP contribution is 2.17. The summed E-state index contributed by atoms with van der Waals surface area (Å²) >= 11 is 5.83. The predicted molar refractivity (Wildman–Crippen MR) is 84.1 cm³/mol. The summed E-state index contributed by atoms with van der Waals surface area (Å²) in [7, 11) is 0. The monoisotopic (exact) mass is 330 g/mol. The number of halogens is 1. The van der Waals surface area contributed by atoms with Crippen molar-refractivity contribution in [2.45, 2.75) is 6.54 Å². The summed E-state index contributed by atoms with van der Waals surface area (Å²) in [6.07, 6.45) is 2.67. The lowest BCUT2D eigenvalue weighted by molar-refractivity contribution is -0.116. The summed E-state index contributed by atoms with van der Waals surface area (Å²) in [6, 6.07) is 9.84. The molecule has 7 nitrogen and oxygen atoms in total. The summed E-state index contributed by atoms with van der Waals surface area (Å²) in [6.45, 7) is -0.167. The summed E-state index contributed by atoms with van der Waals surface area (Å²) < 4.78 is 5.81. The average molecular weight is 331 g/mol. The second-order valence-electron chi connectivity index (χ2n) is 4.68. The Morgan fingerprint density at radius 3 is 2.70 bits per heavy atom. The maximum Gasteiger partial charge on any atom is 0.254 e. The van der Waals surface area contributed by atoms with E-state index < -0.39 is 5.91 Å². The first-order chi connectivity index (χ1) is 11.1. The number of rotatable bonds is 4. The number of benzene rings is 1. The Balaban J connectivity index is 1.75. The Labute approximate surface area is 135 Å². The van der Waals surface area contributed by atoms with Crippen LogP contribution in [0.3, 0.4) is 0 Å². The molecule has 0 aliphatic carbocycles. The smallest absolute Gasteiger partial charge is 0.254 e. The van der Waals surface area contributed by atoms with Gasteiger partial charge in [0.2, 0.25) is 5.91 Å². The zero-order valence-corrected chi connectivity index (χ0v) is 12.5. The zero-order chi connectivity index (χ0) is 16.2. The van der Waals surface area contributed by atoms with E-state index in [1.165, 1.54) is 29.3 Å². The molecule has 1 aromatic carbocycles. The van der Waals surface area contributed by atoms with Crippen LogP contribution >= 0.6 is 11.6 Å². The maximum absolute atomic E-state index is 12.1. The quantitative estimate of drug-likeness (QED) is 0.792. The van der Waals surface area contributed by atoms with Crippen molar-refractivity contribution in [3.63, 3.8) is 0 Å². The Morgan fingerprint density at radius 2 is 2.04 bits per heavy atom. The molecular weight excluding hydrogens is 320 g/mol. The second-order valence-corrected chi connectivity index (χ2v) is 5.12.